The minimum atomic E-state index is -4.63. The number of halogens is 5. The number of anilines is 3. The lowest BCUT2D eigenvalue weighted by molar-refractivity contribution is -0.141. The molecule has 1 aliphatic heterocycles. The number of hydrogen-bond donors (Lipinski definition) is 2. The molecule has 1 saturated heterocycles. The molecule has 190 valence electrons. The molecule has 1 aliphatic carbocycles. The van der Waals surface area contributed by atoms with Crippen LogP contribution in [0.1, 0.15) is 31.4 Å². The fourth-order valence-electron chi connectivity index (χ4n) is 4.53. The fourth-order valence-corrected chi connectivity index (χ4v) is 4.53. The van der Waals surface area contributed by atoms with Crippen LogP contribution in [0.2, 0.25) is 0 Å². The number of para-hydroxylation sites is 1. The molecule has 0 spiro atoms. The molecule has 2 fully saturated rings. The molecule has 2 aliphatic rings. The van der Waals surface area contributed by atoms with Crippen molar-refractivity contribution in [3.63, 3.8) is 0 Å². The highest BCUT2D eigenvalue weighted by Gasteiger charge is 2.40. The van der Waals surface area contributed by atoms with Crippen LogP contribution in [0, 0.1) is 0 Å². The van der Waals surface area contributed by atoms with E-state index in [0.717, 1.165) is 24.7 Å². The van der Waals surface area contributed by atoms with Crippen LogP contribution in [0.4, 0.5) is 39.5 Å². The van der Waals surface area contributed by atoms with Gasteiger partial charge in [-0.25, -0.2) is 13.8 Å². The average Bonchev–Trinajstić information content (AvgIpc) is 3.44. The molecule has 1 aromatic carbocycles. The minimum Gasteiger partial charge on any atom is -0.369 e. The van der Waals surface area contributed by atoms with Gasteiger partial charge >= 0.3 is 6.18 Å². The maximum Gasteiger partial charge on any atom is 0.433 e. The SMILES string of the molecule is FC1(F)CCC(Nc2nc(NC3CCN(c4ccccc4)C3)nc(-c3cccc(C(F)(F)F)n3)n2)C1. The van der Waals surface area contributed by atoms with E-state index in [1.807, 2.05) is 30.3 Å². The van der Waals surface area contributed by atoms with E-state index in [0.29, 0.717) is 6.54 Å². The van der Waals surface area contributed by atoms with E-state index in [9.17, 15) is 22.0 Å². The molecule has 5 rings (SSSR count). The Morgan fingerprint density at radius 1 is 0.833 bits per heavy atom. The number of nitrogens with one attached hydrogen (secondary N) is 2. The quantitative estimate of drug-likeness (QED) is 0.444. The van der Waals surface area contributed by atoms with E-state index in [2.05, 4.69) is 35.5 Å². The van der Waals surface area contributed by atoms with Gasteiger partial charge in [-0.15, -0.1) is 0 Å². The first kappa shape index (κ1) is 24.1. The zero-order valence-corrected chi connectivity index (χ0v) is 19.1. The van der Waals surface area contributed by atoms with Crippen LogP contribution in [0.15, 0.2) is 48.5 Å². The first-order valence-electron chi connectivity index (χ1n) is 11.7. The second-order valence-electron chi connectivity index (χ2n) is 9.06. The van der Waals surface area contributed by atoms with Crippen LogP contribution in [0.3, 0.4) is 0 Å². The van der Waals surface area contributed by atoms with Crippen molar-refractivity contribution in [1.82, 2.24) is 19.9 Å². The van der Waals surface area contributed by atoms with Crippen molar-refractivity contribution in [2.75, 3.05) is 28.6 Å². The Kier molecular flexibility index (Phi) is 6.35. The summed E-state index contributed by atoms with van der Waals surface area (Å²) in [7, 11) is 0. The standard InChI is InChI=1S/C24H24F5N7/c25-23(26)11-9-15(13-23)30-21-33-20(18-7-4-8-19(32-18)24(27,28)29)34-22(35-21)31-16-10-12-36(14-16)17-5-2-1-3-6-17/h1-8,15-16H,9-14H2,(H2,30,31,33,34,35). The Hall–Kier alpha value is -3.57. The van der Waals surface area contributed by atoms with Gasteiger partial charge in [-0.2, -0.15) is 28.1 Å². The first-order chi connectivity index (χ1) is 17.1. The van der Waals surface area contributed by atoms with Crippen LogP contribution >= 0.6 is 0 Å². The number of alkyl halides is 5. The largest absolute Gasteiger partial charge is 0.433 e. The highest BCUT2D eigenvalue weighted by atomic mass is 19.4. The average molecular weight is 505 g/mol. The lowest BCUT2D eigenvalue weighted by Crippen LogP contribution is -2.27. The second kappa shape index (κ2) is 9.47. The summed E-state index contributed by atoms with van der Waals surface area (Å²) in [4.78, 5) is 18.8. The molecular weight excluding hydrogens is 481 g/mol. The molecule has 0 bridgehead atoms. The third-order valence-electron chi connectivity index (χ3n) is 6.28. The Morgan fingerprint density at radius 3 is 2.22 bits per heavy atom. The van der Waals surface area contributed by atoms with Crippen molar-refractivity contribution >= 4 is 17.6 Å². The second-order valence-corrected chi connectivity index (χ2v) is 9.06. The lowest BCUT2D eigenvalue weighted by Gasteiger charge is -2.19. The van der Waals surface area contributed by atoms with Gasteiger partial charge in [-0.3, -0.25) is 0 Å². The molecule has 2 aromatic heterocycles. The first-order valence-corrected chi connectivity index (χ1v) is 11.7. The smallest absolute Gasteiger partial charge is 0.369 e. The van der Waals surface area contributed by atoms with Crippen LogP contribution in [-0.2, 0) is 6.18 Å². The summed E-state index contributed by atoms with van der Waals surface area (Å²) in [5.41, 5.74) is -0.0857. The Labute approximate surface area is 204 Å². The molecule has 2 unspecified atom stereocenters. The Bertz CT molecular complexity index is 1200. The molecule has 2 N–H and O–H groups in total. The summed E-state index contributed by atoms with van der Waals surface area (Å²) in [5.74, 6) is -2.69. The monoisotopic (exact) mass is 505 g/mol. The summed E-state index contributed by atoms with van der Waals surface area (Å²) in [6, 6.07) is 12.8. The predicted octanol–water partition coefficient (Wildman–Crippen LogP) is 5.24. The van der Waals surface area contributed by atoms with Gasteiger partial charge in [-0.05, 0) is 37.1 Å². The molecule has 7 nitrogen and oxygen atoms in total. The Balaban J connectivity index is 1.40. The van der Waals surface area contributed by atoms with Gasteiger partial charge < -0.3 is 15.5 Å². The topological polar surface area (TPSA) is 78.9 Å². The molecule has 12 heteroatoms. The van der Waals surface area contributed by atoms with E-state index in [4.69, 9.17) is 0 Å². The molecule has 2 atom stereocenters. The van der Waals surface area contributed by atoms with E-state index in [1.165, 1.54) is 12.1 Å². The zero-order chi connectivity index (χ0) is 25.3. The van der Waals surface area contributed by atoms with Crippen molar-refractivity contribution in [3.05, 3.63) is 54.2 Å². The molecule has 3 aromatic rings. The van der Waals surface area contributed by atoms with Crippen molar-refractivity contribution in [1.29, 1.82) is 0 Å². The van der Waals surface area contributed by atoms with Gasteiger partial charge in [0, 0.05) is 43.7 Å². The number of hydrogen-bond acceptors (Lipinski definition) is 7. The number of rotatable bonds is 6. The zero-order valence-electron chi connectivity index (χ0n) is 19.1. The van der Waals surface area contributed by atoms with Gasteiger partial charge in [0.2, 0.25) is 17.8 Å². The van der Waals surface area contributed by atoms with Gasteiger partial charge in [0.25, 0.3) is 0 Å². The third kappa shape index (κ3) is 5.63. The van der Waals surface area contributed by atoms with Gasteiger partial charge in [0.15, 0.2) is 5.82 Å². The Morgan fingerprint density at radius 2 is 1.56 bits per heavy atom. The normalized spacial score (nSPS) is 21.5. The van der Waals surface area contributed by atoms with E-state index < -0.39 is 23.8 Å². The lowest BCUT2D eigenvalue weighted by atomic mass is 10.2. The van der Waals surface area contributed by atoms with Crippen molar-refractivity contribution in [3.8, 4) is 11.5 Å². The molecule has 36 heavy (non-hydrogen) atoms. The summed E-state index contributed by atoms with van der Waals surface area (Å²) >= 11 is 0. The summed E-state index contributed by atoms with van der Waals surface area (Å²) < 4.78 is 67.0. The molecule has 3 heterocycles. The molecule has 1 saturated carbocycles. The van der Waals surface area contributed by atoms with Crippen LogP contribution < -0.4 is 15.5 Å². The highest BCUT2D eigenvalue weighted by Crippen LogP contribution is 2.36. The van der Waals surface area contributed by atoms with E-state index in [-0.39, 0.29) is 48.7 Å². The molecule has 0 radical (unpaired) electrons. The van der Waals surface area contributed by atoms with Crippen LogP contribution in [0.5, 0.6) is 0 Å². The van der Waals surface area contributed by atoms with Gasteiger partial charge in [0.1, 0.15) is 11.4 Å². The maximum absolute atomic E-state index is 13.7. The van der Waals surface area contributed by atoms with Crippen molar-refractivity contribution < 1.29 is 22.0 Å². The van der Waals surface area contributed by atoms with E-state index in [1.54, 1.807) is 0 Å². The molecule has 0 amide bonds. The number of pyridine rings is 1. The van der Waals surface area contributed by atoms with Crippen LogP contribution in [0.25, 0.3) is 11.5 Å². The maximum atomic E-state index is 13.7. The number of aromatic nitrogens is 4. The van der Waals surface area contributed by atoms with Crippen LogP contribution in [-0.4, -0.2) is 51.0 Å². The third-order valence-corrected chi connectivity index (χ3v) is 6.28. The minimum absolute atomic E-state index is 0.0160. The summed E-state index contributed by atoms with van der Waals surface area (Å²) in [6.45, 7) is 1.47. The van der Waals surface area contributed by atoms with Crippen molar-refractivity contribution in [2.24, 2.45) is 0 Å². The van der Waals surface area contributed by atoms with E-state index >= 15 is 0 Å². The van der Waals surface area contributed by atoms with Gasteiger partial charge in [-0.1, -0.05) is 24.3 Å². The van der Waals surface area contributed by atoms with Gasteiger partial charge in [0.05, 0.1) is 0 Å². The number of nitrogens with zero attached hydrogens (tertiary/aromatic N) is 5. The molecular formula is C24H24F5N7. The summed E-state index contributed by atoms with van der Waals surface area (Å²) in [5, 5.41) is 6.14. The predicted molar refractivity (Wildman–Crippen MR) is 125 cm³/mol. The number of benzene rings is 1. The fraction of sp³-hybridized carbons (Fsp3) is 0.417. The summed E-state index contributed by atoms with van der Waals surface area (Å²) in [6.07, 6.45) is -4.23. The highest BCUT2D eigenvalue weighted by molar-refractivity contribution is 5.55. The van der Waals surface area contributed by atoms with Crippen molar-refractivity contribution in [2.45, 2.75) is 49.9 Å².